The molecule has 0 unspecified atom stereocenters. The quantitative estimate of drug-likeness (QED) is 0.434. The van der Waals surface area contributed by atoms with Gasteiger partial charge in [-0.25, -0.2) is 5.84 Å². The number of nitrogens with one attached hydrogen (secondary N) is 1. The van der Waals surface area contributed by atoms with Gasteiger partial charge < -0.3 is 4.74 Å². The number of carbonyl (C=O) groups excluding carboxylic acids is 1. The lowest BCUT2D eigenvalue weighted by molar-refractivity contribution is -0.121. The molecule has 0 heterocycles. The van der Waals surface area contributed by atoms with Crippen LogP contribution in [0.4, 0.5) is 0 Å². The van der Waals surface area contributed by atoms with Crippen molar-refractivity contribution in [3.63, 3.8) is 0 Å². The molecule has 0 aliphatic heterocycles. The molecule has 1 aromatic rings. The minimum atomic E-state index is -0.120. The van der Waals surface area contributed by atoms with Crippen molar-refractivity contribution in [1.82, 2.24) is 5.43 Å². The minimum absolute atomic E-state index is 0.120. The lowest BCUT2D eigenvalue weighted by Crippen LogP contribution is -2.29. The van der Waals surface area contributed by atoms with Crippen LogP contribution in [-0.4, -0.2) is 12.5 Å². The summed E-state index contributed by atoms with van der Waals surface area (Å²) in [5.74, 6) is 5.75. The highest BCUT2D eigenvalue weighted by molar-refractivity contribution is 5.75. The zero-order valence-electron chi connectivity index (χ0n) is 9.53. The highest BCUT2D eigenvalue weighted by atomic mass is 16.5. The maximum atomic E-state index is 10.9. The molecule has 0 aliphatic rings. The molecule has 0 aliphatic carbocycles. The molecular weight excluding hydrogens is 204 g/mol. The Morgan fingerprint density at radius 1 is 1.38 bits per heavy atom. The first-order valence-corrected chi connectivity index (χ1v) is 5.47. The molecule has 0 radical (unpaired) electrons. The van der Waals surface area contributed by atoms with E-state index in [2.05, 4.69) is 5.43 Å². The van der Waals surface area contributed by atoms with Crippen LogP contribution in [0.25, 0.3) is 0 Å². The third-order valence-electron chi connectivity index (χ3n) is 2.26. The van der Waals surface area contributed by atoms with E-state index in [1.54, 1.807) is 0 Å². The summed E-state index contributed by atoms with van der Waals surface area (Å²) in [6.45, 7) is 2.63. The molecule has 0 atom stereocenters. The third kappa shape index (κ3) is 4.31. The van der Waals surface area contributed by atoms with Crippen LogP contribution in [0.3, 0.4) is 0 Å². The first-order valence-electron chi connectivity index (χ1n) is 5.47. The van der Waals surface area contributed by atoms with Gasteiger partial charge in [-0.1, -0.05) is 12.1 Å². The summed E-state index contributed by atoms with van der Waals surface area (Å²) >= 11 is 0. The topological polar surface area (TPSA) is 64.3 Å². The Hall–Kier alpha value is -1.55. The fourth-order valence-electron chi connectivity index (χ4n) is 1.44. The number of carbonyl (C=O) groups is 1. The molecule has 0 fully saturated rings. The van der Waals surface area contributed by atoms with Gasteiger partial charge >= 0.3 is 0 Å². The second kappa shape index (κ2) is 6.85. The van der Waals surface area contributed by atoms with Gasteiger partial charge in [-0.05, 0) is 37.5 Å². The number of benzene rings is 1. The number of rotatable bonds is 6. The lowest BCUT2D eigenvalue weighted by atomic mass is 10.1. The van der Waals surface area contributed by atoms with E-state index >= 15 is 0 Å². The predicted octanol–water partition coefficient (Wildman–Crippen LogP) is 1.40. The number of amides is 1. The van der Waals surface area contributed by atoms with Crippen molar-refractivity contribution in [3.8, 4) is 5.75 Å². The molecule has 1 rings (SSSR count). The van der Waals surface area contributed by atoms with Crippen LogP contribution < -0.4 is 16.0 Å². The molecule has 4 nitrogen and oxygen atoms in total. The van der Waals surface area contributed by atoms with E-state index in [4.69, 9.17) is 10.6 Å². The van der Waals surface area contributed by atoms with E-state index in [9.17, 15) is 4.79 Å². The Bertz CT molecular complexity index is 322. The average molecular weight is 222 g/mol. The minimum Gasteiger partial charge on any atom is -0.494 e. The van der Waals surface area contributed by atoms with Gasteiger partial charge in [0.25, 0.3) is 0 Å². The number of ether oxygens (including phenoxy) is 1. The highest BCUT2D eigenvalue weighted by Gasteiger charge is 1.99. The lowest BCUT2D eigenvalue weighted by Gasteiger charge is -2.04. The van der Waals surface area contributed by atoms with Crippen LogP contribution in [0.2, 0.25) is 0 Å². The molecule has 0 saturated carbocycles. The Morgan fingerprint density at radius 3 is 2.62 bits per heavy atom. The van der Waals surface area contributed by atoms with Gasteiger partial charge in [0.2, 0.25) is 5.91 Å². The first-order chi connectivity index (χ1) is 7.76. The van der Waals surface area contributed by atoms with Crippen LogP contribution in [0.15, 0.2) is 24.3 Å². The molecule has 1 amide bonds. The Labute approximate surface area is 95.8 Å². The van der Waals surface area contributed by atoms with Crippen molar-refractivity contribution in [2.45, 2.75) is 26.2 Å². The average Bonchev–Trinajstić information content (AvgIpc) is 2.31. The number of nitrogens with two attached hydrogens (primary N) is 1. The second-order valence-electron chi connectivity index (χ2n) is 3.50. The van der Waals surface area contributed by atoms with E-state index in [0.717, 1.165) is 18.6 Å². The second-order valence-corrected chi connectivity index (χ2v) is 3.50. The van der Waals surface area contributed by atoms with Crippen molar-refractivity contribution < 1.29 is 9.53 Å². The van der Waals surface area contributed by atoms with Crippen LogP contribution in [0.1, 0.15) is 25.3 Å². The van der Waals surface area contributed by atoms with Gasteiger partial charge in [-0.15, -0.1) is 0 Å². The molecule has 0 bridgehead atoms. The first kappa shape index (κ1) is 12.5. The number of hydrogen-bond donors (Lipinski definition) is 2. The van der Waals surface area contributed by atoms with Gasteiger partial charge in [-0.2, -0.15) is 0 Å². The summed E-state index contributed by atoms with van der Waals surface area (Å²) in [7, 11) is 0. The maximum absolute atomic E-state index is 10.9. The monoisotopic (exact) mass is 222 g/mol. The third-order valence-corrected chi connectivity index (χ3v) is 2.26. The predicted molar refractivity (Wildman–Crippen MR) is 62.9 cm³/mol. The van der Waals surface area contributed by atoms with E-state index < -0.39 is 0 Å². The summed E-state index contributed by atoms with van der Waals surface area (Å²) in [4.78, 5) is 10.9. The molecule has 0 aromatic heterocycles. The zero-order chi connectivity index (χ0) is 11.8. The standard InChI is InChI=1S/C12H18N2O2/c1-2-16-11-8-6-10(7-9-11)4-3-5-12(15)14-13/h6-9H,2-5,13H2,1H3,(H,14,15). The SMILES string of the molecule is CCOc1ccc(CCCC(=O)NN)cc1. The van der Waals surface area contributed by atoms with Crippen molar-refractivity contribution >= 4 is 5.91 Å². The maximum Gasteiger partial charge on any atom is 0.233 e. The van der Waals surface area contributed by atoms with Crippen molar-refractivity contribution in [3.05, 3.63) is 29.8 Å². The molecule has 1 aromatic carbocycles. The Morgan fingerprint density at radius 2 is 2.06 bits per heavy atom. The summed E-state index contributed by atoms with van der Waals surface area (Å²) in [5.41, 5.74) is 3.32. The molecule has 0 spiro atoms. The smallest absolute Gasteiger partial charge is 0.233 e. The van der Waals surface area contributed by atoms with E-state index in [0.29, 0.717) is 13.0 Å². The van der Waals surface area contributed by atoms with E-state index in [1.165, 1.54) is 5.56 Å². The molecule has 4 heteroatoms. The van der Waals surface area contributed by atoms with Gasteiger partial charge in [0.15, 0.2) is 0 Å². The van der Waals surface area contributed by atoms with Gasteiger partial charge in [0.1, 0.15) is 5.75 Å². The summed E-state index contributed by atoms with van der Waals surface area (Å²) < 4.78 is 5.34. The van der Waals surface area contributed by atoms with Gasteiger partial charge in [0.05, 0.1) is 6.61 Å². The summed E-state index contributed by atoms with van der Waals surface area (Å²) in [5, 5.41) is 0. The Kier molecular flexibility index (Phi) is 5.36. The summed E-state index contributed by atoms with van der Waals surface area (Å²) in [6.07, 6.45) is 2.14. The van der Waals surface area contributed by atoms with E-state index in [1.807, 2.05) is 31.2 Å². The molecular formula is C12H18N2O2. The van der Waals surface area contributed by atoms with Crippen molar-refractivity contribution in [1.29, 1.82) is 0 Å². The number of hydrogen-bond acceptors (Lipinski definition) is 3. The van der Waals surface area contributed by atoms with Crippen LogP contribution in [0, 0.1) is 0 Å². The van der Waals surface area contributed by atoms with E-state index in [-0.39, 0.29) is 5.91 Å². The molecule has 0 saturated heterocycles. The normalized spacial score (nSPS) is 9.88. The van der Waals surface area contributed by atoms with Gasteiger partial charge in [0, 0.05) is 6.42 Å². The number of hydrazine groups is 1. The largest absolute Gasteiger partial charge is 0.494 e. The molecule has 16 heavy (non-hydrogen) atoms. The highest BCUT2D eigenvalue weighted by Crippen LogP contribution is 2.13. The summed E-state index contributed by atoms with van der Waals surface area (Å²) in [6, 6.07) is 7.93. The van der Waals surface area contributed by atoms with Crippen LogP contribution in [-0.2, 0) is 11.2 Å². The fourth-order valence-corrected chi connectivity index (χ4v) is 1.44. The number of aryl methyl sites for hydroxylation is 1. The zero-order valence-corrected chi connectivity index (χ0v) is 9.53. The van der Waals surface area contributed by atoms with Crippen LogP contribution >= 0.6 is 0 Å². The molecule has 88 valence electrons. The van der Waals surface area contributed by atoms with Crippen LogP contribution in [0.5, 0.6) is 5.75 Å². The fraction of sp³-hybridized carbons (Fsp3) is 0.417. The van der Waals surface area contributed by atoms with Crippen molar-refractivity contribution in [2.24, 2.45) is 5.84 Å². The Balaban J connectivity index is 2.34. The van der Waals surface area contributed by atoms with Crippen molar-refractivity contribution in [2.75, 3.05) is 6.61 Å². The molecule has 3 N–H and O–H groups in total. The van der Waals surface area contributed by atoms with Gasteiger partial charge in [-0.3, -0.25) is 10.2 Å².